The molecular weight excluding hydrogens is 488 g/mol. The average Bonchev–Trinajstić information content (AvgIpc) is 3.23. The summed E-state index contributed by atoms with van der Waals surface area (Å²) in [4.78, 5) is 8.92. The van der Waals surface area contributed by atoms with Crippen molar-refractivity contribution in [2.75, 3.05) is 13.2 Å². The van der Waals surface area contributed by atoms with Crippen molar-refractivity contribution in [3.63, 3.8) is 0 Å². The van der Waals surface area contributed by atoms with E-state index in [1.807, 2.05) is 26.1 Å². The molecule has 1 aliphatic carbocycles. The number of fused-ring (bicyclic) bond motifs is 1. The lowest BCUT2D eigenvalue weighted by Crippen LogP contribution is -2.54. The minimum absolute atomic E-state index is 0.0187. The molecule has 0 unspecified atom stereocenters. The van der Waals surface area contributed by atoms with Gasteiger partial charge in [0.1, 0.15) is 17.5 Å². The number of halogens is 2. The van der Waals surface area contributed by atoms with Crippen molar-refractivity contribution in [1.29, 1.82) is 0 Å². The molecule has 6 rings (SSSR count). The molecule has 4 atom stereocenters. The summed E-state index contributed by atoms with van der Waals surface area (Å²) < 4.78 is 37.0. The average molecular weight is 520 g/mol. The van der Waals surface area contributed by atoms with Crippen LogP contribution in [-0.2, 0) is 11.2 Å². The molecule has 3 aromatic heterocycles. The Labute approximate surface area is 219 Å². The molecule has 0 amide bonds. The standard InChI is InChI=1S/C29H31F2N5O2/c1-16-7-18(10-26(32)29(16,2)37)22-5-6-33-12-19(22)11-27-34-13-21-3-4-25(35-36(21)27)28-23(30)8-17(9-24(28)31)20-14-38-15-20/h3-6,8-9,12-13,16,18,20,26,37H,7,10-11,14-15,32H2,1-2H3/t16-,18+,26+,29+/m0/s1. The van der Waals surface area contributed by atoms with Crippen molar-refractivity contribution in [2.24, 2.45) is 11.7 Å². The smallest absolute Gasteiger partial charge is 0.135 e. The van der Waals surface area contributed by atoms with E-state index in [1.54, 1.807) is 29.0 Å². The van der Waals surface area contributed by atoms with Crippen molar-refractivity contribution < 1.29 is 18.6 Å². The van der Waals surface area contributed by atoms with Crippen molar-refractivity contribution in [3.05, 3.63) is 83.1 Å². The maximum atomic E-state index is 15.1. The molecule has 2 aliphatic rings. The fourth-order valence-corrected chi connectivity index (χ4v) is 5.77. The molecule has 1 saturated heterocycles. The molecule has 38 heavy (non-hydrogen) atoms. The maximum absolute atomic E-state index is 15.1. The van der Waals surface area contributed by atoms with E-state index in [4.69, 9.17) is 10.5 Å². The molecule has 1 saturated carbocycles. The molecule has 198 valence electrons. The Bertz CT molecular complexity index is 1460. The molecule has 4 aromatic rings. The second-order valence-electron chi connectivity index (χ2n) is 11.0. The molecular formula is C29H31F2N5O2. The number of nitrogens with zero attached hydrogens (tertiary/aromatic N) is 4. The van der Waals surface area contributed by atoms with Crippen LogP contribution in [0.1, 0.15) is 61.0 Å². The van der Waals surface area contributed by atoms with Crippen LogP contribution in [0.5, 0.6) is 0 Å². The summed E-state index contributed by atoms with van der Waals surface area (Å²) in [7, 11) is 0. The monoisotopic (exact) mass is 519 g/mol. The Hall–Kier alpha value is -3.27. The number of aromatic nitrogens is 4. The summed E-state index contributed by atoms with van der Waals surface area (Å²) >= 11 is 0. The van der Waals surface area contributed by atoms with E-state index in [2.05, 4.69) is 15.1 Å². The Balaban J connectivity index is 1.33. The minimum atomic E-state index is -0.905. The Morgan fingerprint density at radius 2 is 1.87 bits per heavy atom. The van der Waals surface area contributed by atoms with Crippen LogP contribution in [0.4, 0.5) is 8.78 Å². The van der Waals surface area contributed by atoms with Gasteiger partial charge in [0.15, 0.2) is 0 Å². The van der Waals surface area contributed by atoms with Crippen LogP contribution in [0.15, 0.2) is 48.9 Å². The molecule has 0 bridgehead atoms. The number of pyridine rings is 1. The maximum Gasteiger partial charge on any atom is 0.135 e. The SMILES string of the molecule is C[C@H]1C[C@@H](c2ccncc2Cc2ncc3ccc(-c4c(F)cc(C5COC5)cc4F)nn23)C[C@@H](N)[C@]1(C)O. The zero-order valence-corrected chi connectivity index (χ0v) is 21.4. The molecule has 9 heteroatoms. The number of aliphatic hydroxyl groups is 1. The third-order valence-corrected chi connectivity index (χ3v) is 8.54. The number of nitrogens with two attached hydrogens (primary N) is 1. The number of ether oxygens (including phenoxy) is 1. The van der Waals surface area contributed by atoms with Crippen molar-refractivity contribution in [1.82, 2.24) is 19.6 Å². The minimum Gasteiger partial charge on any atom is -0.388 e. The van der Waals surface area contributed by atoms with Gasteiger partial charge in [-0.3, -0.25) is 4.98 Å². The summed E-state index contributed by atoms with van der Waals surface area (Å²) in [5.41, 5.74) is 8.94. The van der Waals surface area contributed by atoms with Crippen LogP contribution in [0, 0.1) is 17.6 Å². The van der Waals surface area contributed by atoms with Gasteiger partial charge >= 0.3 is 0 Å². The number of benzene rings is 1. The van der Waals surface area contributed by atoms with Gasteiger partial charge in [0.2, 0.25) is 0 Å². The van der Waals surface area contributed by atoms with Crippen molar-refractivity contribution >= 4 is 5.52 Å². The van der Waals surface area contributed by atoms with Gasteiger partial charge in [-0.1, -0.05) is 6.92 Å². The van der Waals surface area contributed by atoms with Crippen LogP contribution in [0.2, 0.25) is 0 Å². The van der Waals surface area contributed by atoms with E-state index in [0.717, 1.165) is 23.1 Å². The Morgan fingerprint density at radius 3 is 2.55 bits per heavy atom. The van der Waals surface area contributed by atoms with Gasteiger partial charge < -0.3 is 15.6 Å². The summed E-state index contributed by atoms with van der Waals surface area (Å²) in [6.07, 6.45) is 7.21. The number of hydrogen-bond acceptors (Lipinski definition) is 6. The number of imidazole rings is 1. The lowest BCUT2D eigenvalue weighted by molar-refractivity contribution is -0.0464. The quantitative estimate of drug-likeness (QED) is 0.407. The Morgan fingerprint density at radius 1 is 1.11 bits per heavy atom. The third-order valence-electron chi connectivity index (χ3n) is 8.54. The predicted molar refractivity (Wildman–Crippen MR) is 139 cm³/mol. The second-order valence-corrected chi connectivity index (χ2v) is 11.0. The lowest BCUT2D eigenvalue weighted by Gasteiger charge is -2.44. The topological polar surface area (TPSA) is 98.6 Å². The van der Waals surface area contributed by atoms with Gasteiger partial charge in [-0.25, -0.2) is 18.3 Å². The van der Waals surface area contributed by atoms with Gasteiger partial charge in [-0.2, -0.15) is 5.10 Å². The fourth-order valence-electron chi connectivity index (χ4n) is 5.77. The van der Waals surface area contributed by atoms with Crippen LogP contribution in [-0.4, -0.2) is 49.5 Å². The molecule has 1 aliphatic heterocycles. The molecule has 7 nitrogen and oxygen atoms in total. The van der Waals surface area contributed by atoms with Crippen molar-refractivity contribution in [2.45, 2.75) is 56.6 Å². The summed E-state index contributed by atoms with van der Waals surface area (Å²) in [6.45, 7) is 4.79. The summed E-state index contributed by atoms with van der Waals surface area (Å²) in [5.74, 6) is -0.412. The molecule has 3 N–H and O–H groups in total. The highest BCUT2D eigenvalue weighted by Gasteiger charge is 2.42. The number of rotatable bonds is 5. The molecule has 4 heterocycles. The van der Waals surface area contributed by atoms with Gasteiger partial charge in [0, 0.05) is 30.8 Å². The van der Waals surface area contributed by atoms with Gasteiger partial charge in [-0.05, 0) is 78.6 Å². The zero-order valence-electron chi connectivity index (χ0n) is 21.4. The van der Waals surface area contributed by atoms with Crippen LogP contribution < -0.4 is 5.73 Å². The van der Waals surface area contributed by atoms with Crippen molar-refractivity contribution in [3.8, 4) is 11.3 Å². The van der Waals surface area contributed by atoms with Crippen LogP contribution in [0.3, 0.4) is 0 Å². The summed E-state index contributed by atoms with van der Waals surface area (Å²) in [5, 5.41) is 15.4. The third kappa shape index (κ3) is 4.28. The zero-order chi connectivity index (χ0) is 26.6. The van der Waals surface area contributed by atoms with Gasteiger partial charge in [-0.15, -0.1) is 0 Å². The molecule has 0 radical (unpaired) electrons. The van der Waals surface area contributed by atoms with E-state index >= 15 is 8.78 Å². The first-order valence-corrected chi connectivity index (χ1v) is 13.0. The molecule has 0 spiro atoms. The highest BCUT2D eigenvalue weighted by molar-refractivity contribution is 5.63. The highest BCUT2D eigenvalue weighted by atomic mass is 19.1. The van der Waals surface area contributed by atoms with E-state index in [-0.39, 0.29) is 35.1 Å². The van der Waals surface area contributed by atoms with E-state index in [1.165, 1.54) is 12.1 Å². The normalized spacial score (nSPS) is 26.0. The fraction of sp³-hybridized carbons (Fsp3) is 0.414. The first-order valence-electron chi connectivity index (χ1n) is 13.0. The Kier molecular flexibility index (Phi) is 6.25. The van der Waals surface area contributed by atoms with Crippen LogP contribution >= 0.6 is 0 Å². The van der Waals surface area contributed by atoms with Gasteiger partial charge in [0.25, 0.3) is 0 Å². The first-order chi connectivity index (χ1) is 18.2. The first kappa shape index (κ1) is 25.0. The van der Waals surface area contributed by atoms with E-state index < -0.39 is 17.2 Å². The highest BCUT2D eigenvalue weighted by Crippen LogP contribution is 2.42. The van der Waals surface area contributed by atoms with Gasteiger partial charge in [0.05, 0.1) is 41.8 Å². The predicted octanol–water partition coefficient (Wildman–Crippen LogP) is 4.37. The summed E-state index contributed by atoms with van der Waals surface area (Å²) in [6, 6.07) is 7.80. The molecule has 1 aromatic carbocycles. The van der Waals surface area contributed by atoms with E-state index in [9.17, 15) is 5.11 Å². The lowest BCUT2D eigenvalue weighted by atomic mass is 9.67. The largest absolute Gasteiger partial charge is 0.388 e. The number of hydrogen-bond donors (Lipinski definition) is 2. The molecule has 2 fully saturated rings. The van der Waals surface area contributed by atoms with Crippen LogP contribution in [0.25, 0.3) is 16.8 Å². The second kappa shape index (κ2) is 9.48. The van der Waals surface area contributed by atoms with E-state index in [0.29, 0.717) is 37.4 Å².